The number of nitrogens with one attached hydrogen (secondary N) is 1. The summed E-state index contributed by atoms with van der Waals surface area (Å²) in [6.45, 7) is 7.05. The number of hydrogen-bond acceptors (Lipinski definition) is 6. The van der Waals surface area contributed by atoms with Crippen LogP contribution in [-0.2, 0) is 27.9 Å². The summed E-state index contributed by atoms with van der Waals surface area (Å²) in [5, 5.41) is 3.06. The van der Waals surface area contributed by atoms with Crippen molar-refractivity contribution >= 4 is 19.7 Å². The number of esters is 1. The molecule has 0 aliphatic heterocycles. The summed E-state index contributed by atoms with van der Waals surface area (Å²) in [4.78, 5) is 37.8. The number of likely N-dealkylation sites (N-methyl/N-ethyl adjacent to an activating group) is 1. The van der Waals surface area contributed by atoms with Gasteiger partial charge in [-0.1, -0.05) is 302 Å². The van der Waals surface area contributed by atoms with Gasteiger partial charge in [-0.15, -0.1) is 0 Å². The molecule has 78 heavy (non-hydrogen) atoms. The van der Waals surface area contributed by atoms with Gasteiger partial charge in [0.15, 0.2) is 0 Å². The molecule has 0 aromatic heterocycles. The molecular formula is C68H134N2O7P+. The first-order valence-electron chi connectivity index (χ1n) is 34.2. The lowest BCUT2D eigenvalue weighted by Gasteiger charge is -2.27. The van der Waals surface area contributed by atoms with E-state index in [1.54, 1.807) is 0 Å². The number of quaternary nitrogens is 1. The van der Waals surface area contributed by atoms with Crippen LogP contribution >= 0.6 is 7.82 Å². The lowest BCUT2D eigenvalue weighted by Crippen LogP contribution is -2.47. The van der Waals surface area contributed by atoms with E-state index < -0.39 is 20.0 Å². The Kier molecular flexibility index (Phi) is 57.5. The summed E-state index contributed by atoms with van der Waals surface area (Å²) in [5.74, 6) is -0.496. The van der Waals surface area contributed by atoms with E-state index in [1.165, 1.54) is 238 Å². The minimum atomic E-state index is -4.45. The van der Waals surface area contributed by atoms with Crippen LogP contribution in [-0.4, -0.2) is 74.3 Å². The van der Waals surface area contributed by atoms with E-state index in [-0.39, 0.29) is 25.1 Å². The Balaban J connectivity index is 5.00. The normalized spacial score (nSPS) is 13.7. The molecule has 3 atom stereocenters. The molecule has 0 aromatic carbocycles. The van der Waals surface area contributed by atoms with Crippen LogP contribution in [0.25, 0.3) is 0 Å². The fourth-order valence-electron chi connectivity index (χ4n) is 10.4. The number of carbonyl (C=O) groups excluding carboxylic acids is 2. The molecule has 0 heterocycles. The molecule has 0 bridgehead atoms. The van der Waals surface area contributed by atoms with Gasteiger partial charge in [0.2, 0.25) is 5.91 Å². The second-order valence-corrected chi connectivity index (χ2v) is 26.2. The van der Waals surface area contributed by atoms with Crippen molar-refractivity contribution < 1.29 is 37.3 Å². The molecule has 1 amide bonds. The first-order valence-corrected chi connectivity index (χ1v) is 35.7. The Morgan fingerprint density at radius 2 is 0.744 bits per heavy atom. The van der Waals surface area contributed by atoms with Crippen LogP contribution in [0.15, 0.2) is 24.3 Å². The van der Waals surface area contributed by atoms with Crippen molar-refractivity contribution in [3.05, 3.63) is 24.3 Å². The highest BCUT2D eigenvalue weighted by Gasteiger charge is 2.30. The SMILES string of the molecule is CCCCCCCCC/C=C/CCCCCCCC(=O)NC(COP(=O)(O)OCC[N+](C)(C)C)C(/C=C\CCCCCCCCCCC)OC(=O)CCCCCCCCCCCCCCCCCCCCCCCCCCC. The van der Waals surface area contributed by atoms with Crippen LogP contribution in [0, 0.1) is 0 Å². The third kappa shape index (κ3) is 59.1. The maximum absolute atomic E-state index is 13.5. The van der Waals surface area contributed by atoms with Crippen LogP contribution < -0.4 is 5.32 Å². The van der Waals surface area contributed by atoms with Gasteiger partial charge >= 0.3 is 13.8 Å². The van der Waals surface area contributed by atoms with Gasteiger partial charge in [0.05, 0.1) is 33.8 Å². The quantitative estimate of drug-likeness (QED) is 0.0205. The number of amides is 1. The second-order valence-electron chi connectivity index (χ2n) is 24.7. The van der Waals surface area contributed by atoms with E-state index in [4.69, 9.17) is 13.8 Å². The van der Waals surface area contributed by atoms with Crippen molar-refractivity contribution in [3.8, 4) is 0 Å². The summed E-state index contributed by atoms with van der Waals surface area (Å²) in [5.41, 5.74) is 0. The molecule has 0 saturated carbocycles. The maximum Gasteiger partial charge on any atom is 0.472 e. The minimum absolute atomic E-state index is 0.0422. The van der Waals surface area contributed by atoms with Gasteiger partial charge in [0, 0.05) is 12.8 Å². The zero-order chi connectivity index (χ0) is 57.2. The summed E-state index contributed by atoms with van der Waals surface area (Å²) in [7, 11) is 1.51. The predicted molar refractivity (Wildman–Crippen MR) is 337 cm³/mol. The Hall–Kier alpha value is -1.51. The average Bonchev–Trinajstić information content (AvgIpc) is 3.40. The lowest BCUT2D eigenvalue weighted by molar-refractivity contribution is -0.870. The van der Waals surface area contributed by atoms with Crippen molar-refractivity contribution in [2.24, 2.45) is 0 Å². The molecule has 0 aromatic rings. The van der Waals surface area contributed by atoms with Gasteiger partial charge < -0.3 is 19.4 Å². The van der Waals surface area contributed by atoms with Crippen molar-refractivity contribution in [2.45, 2.75) is 360 Å². The average molecular weight is 1120 g/mol. The Morgan fingerprint density at radius 1 is 0.436 bits per heavy atom. The highest BCUT2D eigenvalue weighted by Crippen LogP contribution is 2.43. The van der Waals surface area contributed by atoms with Gasteiger partial charge in [-0.25, -0.2) is 4.57 Å². The number of ether oxygens (including phenoxy) is 1. The van der Waals surface area contributed by atoms with E-state index in [9.17, 15) is 19.0 Å². The maximum atomic E-state index is 13.5. The molecule has 0 aliphatic rings. The zero-order valence-electron chi connectivity index (χ0n) is 52.9. The summed E-state index contributed by atoms with van der Waals surface area (Å²) >= 11 is 0. The summed E-state index contributed by atoms with van der Waals surface area (Å²) in [6, 6.07) is -0.847. The van der Waals surface area contributed by atoms with Gasteiger partial charge in [0.1, 0.15) is 19.3 Å². The van der Waals surface area contributed by atoms with Crippen LogP contribution in [0.5, 0.6) is 0 Å². The zero-order valence-corrected chi connectivity index (χ0v) is 53.8. The number of unbranched alkanes of at least 4 members (excludes halogenated alkanes) is 45. The van der Waals surface area contributed by atoms with Crippen molar-refractivity contribution in [1.82, 2.24) is 5.32 Å². The van der Waals surface area contributed by atoms with Crippen molar-refractivity contribution in [3.63, 3.8) is 0 Å². The van der Waals surface area contributed by atoms with Gasteiger partial charge in [0.25, 0.3) is 0 Å². The van der Waals surface area contributed by atoms with Gasteiger partial charge in [-0.05, 0) is 57.4 Å². The highest BCUT2D eigenvalue weighted by molar-refractivity contribution is 7.47. The van der Waals surface area contributed by atoms with Crippen LogP contribution in [0.4, 0.5) is 0 Å². The molecule has 0 spiro atoms. The van der Waals surface area contributed by atoms with Crippen LogP contribution in [0.2, 0.25) is 0 Å². The monoisotopic (exact) mass is 1120 g/mol. The fraction of sp³-hybridized carbons (Fsp3) is 0.912. The molecule has 9 nitrogen and oxygen atoms in total. The number of phosphoric ester groups is 1. The Bertz CT molecular complexity index is 1380. The van der Waals surface area contributed by atoms with E-state index in [2.05, 4.69) is 38.2 Å². The number of rotatable bonds is 63. The van der Waals surface area contributed by atoms with Crippen molar-refractivity contribution in [1.29, 1.82) is 0 Å². The number of carbonyl (C=O) groups is 2. The number of nitrogens with zero attached hydrogens (tertiary/aromatic N) is 1. The predicted octanol–water partition coefficient (Wildman–Crippen LogP) is 21.3. The number of allylic oxidation sites excluding steroid dienone is 3. The molecule has 0 aliphatic carbocycles. The first-order chi connectivity index (χ1) is 37.9. The lowest BCUT2D eigenvalue weighted by atomic mass is 10.0. The third-order valence-corrected chi connectivity index (χ3v) is 16.6. The molecule has 3 unspecified atom stereocenters. The van der Waals surface area contributed by atoms with E-state index in [0.717, 1.165) is 77.0 Å². The topological polar surface area (TPSA) is 111 Å². The largest absolute Gasteiger partial charge is 0.472 e. The van der Waals surface area contributed by atoms with E-state index in [0.29, 0.717) is 23.9 Å². The van der Waals surface area contributed by atoms with Gasteiger partial charge in [-0.3, -0.25) is 18.6 Å². The van der Waals surface area contributed by atoms with Crippen LogP contribution in [0.3, 0.4) is 0 Å². The molecule has 0 saturated heterocycles. The molecule has 0 fully saturated rings. The van der Waals surface area contributed by atoms with Gasteiger partial charge in [-0.2, -0.15) is 0 Å². The number of hydrogen-bond donors (Lipinski definition) is 2. The Labute approximate surface area is 485 Å². The summed E-state index contributed by atoms with van der Waals surface area (Å²) < 4.78 is 30.7. The highest BCUT2D eigenvalue weighted by atomic mass is 31.2. The van der Waals surface area contributed by atoms with Crippen LogP contribution in [0.1, 0.15) is 348 Å². The molecule has 462 valence electrons. The Morgan fingerprint density at radius 3 is 1.09 bits per heavy atom. The van der Waals surface area contributed by atoms with E-state index >= 15 is 0 Å². The molecule has 2 N–H and O–H groups in total. The second kappa shape index (κ2) is 58.7. The smallest absolute Gasteiger partial charge is 0.456 e. The summed E-state index contributed by atoms with van der Waals surface area (Å²) in [6.07, 6.45) is 70.5. The first kappa shape index (κ1) is 76.5. The minimum Gasteiger partial charge on any atom is -0.456 e. The molecule has 0 radical (unpaired) electrons. The standard InChI is InChI=1S/C68H133N2O7P/c1-7-10-13-16-19-22-25-27-29-31-32-33-34-35-36-37-38-39-41-43-46-49-52-55-58-61-68(72)77-66(59-56-53-50-47-44-24-21-18-15-12-9-3)65(64-76-78(73,74)75-63-62-70(4,5)6)69-67(71)60-57-54-51-48-45-42-40-30-28-26-23-20-17-14-11-8-2/h30,40,56,59,65-66H,7-29,31-39,41-55,57-58,60-64H2,1-6H3,(H-,69,71,73,74)/p+1/b40-30+,59-56-. The van der Waals surface area contributed by atoms with Crippen molar-refractivity contribution in [2.75, 3.05) is 40.9 Å². The molecular weight excluding hydrogens is 988 g/mol. The molecule has 0 rings (SSSR count). The third-order valence-electron chi connectivity index (χ3n) is 15.6. The molecule has 10 heteroatoms. The fourth-order valence-corrected chi connectivity index (χ4v) is 11.1. The van der Waals surface area contributed by atoms with E-state index in [1.807, 2.05) is 33.3 Å². The number of phosphoric acid groups is 1.